The number of nitro benzene ring substituents is 2. The molecule has 0 amide bonds. The predicted molar refractivity (Wildman–Crippen MR) is 102 cm³/mol. The second-order valence-electron chi connectivity index (χ2n) is 5.75. The summed E-state index contributed by atoms with van der Waals surface area (Å²) in [5.41, 5.74) is -0.680. The van der Waals surface area contributed by atoms with Gasteiger partial charge in [0.05, 0.1) is 32.6 Å². The number of rotatable bonds is 8. The maximum atomic E-state index is 13.2. The first-order chi connectivity index (χ1) is 13.6. The molecule has 2 aromatic rings. The number of hydrogen-bond donors (Lipinski definition) is 0. The number of sulfonamides is 1. The Bertz CT molecular complexity index is 1050. The van der Waals surface area contributed by atoms with E-state index in [0.717, 1.165) is 24.3 Å². The molecule has 0 fully saturated rings. The van der Waals surface area contributed by atoms with Gasteiger partial charge >= 0.3 is 5.97 Å². The number of anilines is 1. The second kappa shape index (κ2) is 8.65. The molecular formula is C17H17N3O8S. The van der Waals surface area contributed by atoms with E-state index in [1.807, 2.05) is 0 Å². The Hall–Kier alpha value is -3.54. The van der Waals surface area contributed by atoms with Crippen LogP contribution >= 0.6 is 0 Å². The van der Waals surface area contributed by atoms with E-state index in [4.69, 9.17) is 4.74 Å². The van der Waals surface area contributed by atoms with Crippen LogP contribution in [0.5, 0.6) is 0 Å². The summed E-state index contributed by atoms with van der Waals surface area (Å²) in [5, 5.41) is 22.0. The number of ether oxygens (including phenoxy) is 1. The average molecular weight is 423 g/mol. The van der Waals surface area contributed by atoms with Crippen LogP contribution in [-0.4, -0.2) is 37.4 Å². The fraction of sp³-hybridized carbons (Fsp3) is 0.235. The number of hydrogen-bond acceptors (Lipinski definition) is 8. The third-order valence-corrected chi connectivity index (χ3v) is 5.73. The molecule has 0 aromatic heterocycles. The normalized spacial score (nSPS) is 11.0. The summed E-state index contributed by atoms with van der Waals surface area (Å²) in [5.74, 6) is -0.858. The molecule has 0 saturated heterocycles. The summed E-state index contributed by atoms with van der Waals surface area (Å²) in [6.07, 6.45) is 0. The van der Waals surface area contributed by atoms with Crippen LogP contribution in [0.1, 0.15) is 12.5 Å². The standard InChI is InChI=1S/C17H17N3O8S/c1-3-28-17(21)11-18(15-5-4-6-16(12(15)2)20(24)25)29(26,27)14-9-7-13(8-10-14)19(22)23/h4-10H,3,11H2,1-2H3. The fourth-order valence-electron chi connectivity index (χ4n) is 2.57. The molecule has 11 nitrogen and oxygen atoms in total. The van der Waals surface area contributed by atoms with Crippen LogP contribution in [0.4, 0.5) is 17.1 Å². The molecule has 12 heteroatoms. The molecule has 0 heterocycles. The van der Waals surface area contributed by atoms with Crippen LogP contribution in [0.2, 0.25) is 0 Å². The van der Waals surface area contributed by atoms with Gasteiger partial charge in [-0.25, -0.2) is 8.42 Å². The summed E-state index contributed by atoms with van der Waals surface area (Å²) in [6, 6.07) is 7.90. The van der Waals surface area contributed by atoms with Crippen LogP contribution < -0.4 is 4.31 Å². The highest BCUT2D eigenvalue weighted by molar-refractivity contribution is 7.92. The van der Waals surface area contributed by atoms with Gasteiger partial charge in [0.15, 0.2) is 0 Å². The monoisotopic (exact) mass is 423 g/mol. The van der Waals surface area contributed by atoms with Crippen molar-refractivity contribution in [1.29, 1.82) is 0 Å². The lowest BCUT2D eigenvalue weighted by Gasteiger charge is -2.25. The van der Waals surface area contributed by atoms with E-state index in [9.17, 15) is 33.4 Å². The minimum Gasteiger partial charge on any atom is -0.465 e. The third kappa shape index (κ3) is 4.66. The molecular weight excluding hydrogens is 406 g/mol. The molecule has 0 saturated carbocycles. The van der Waals surface area contributed by atoms with Gasteiger partial charge in [-0.1, -0.05) is 6.07 Å². The molecule has 2 aromatic carbocycles. The van der Waals surface area contributed by atoms with E-state index >= 15 is 0 Å². The van der Waals surface area contributed by atoms with Crippen molar-refractivity contribution in [3.8, 4) is 0 Å². The van der Waals surface area contributed by atoms with Gasteiger partial charge < -0.3 is 4.74 Å². The van der Waals surface area contributed by atoms with Crippen molar-refractivity contribution in [2.75, 3.05) is 17.5 Å². The zero-order valence-corrected chi connectivity index (χ0v) is 16.3. The van der Waals surface area contributed by atoms with Crippen molar-refractivity contribution in [1.82, 2.24) is 0 Å². The number of nitro groups is 2. The van der Waals surface area contributed by atoms with E-state index < -0.39 is 32.4 Å². The summed E-state index contributed by atoms with van der Waals surface area (Å²) >= 11 is 0. The first-order valence-electron chi connectivity index (χ1n) is 8.26. The highest BCUT2D eigenvalue weighted by atomic mass is 32.2. The molecule has 0 unspecified atom stereocenters. The van der Waals surface area contributed by atoms with Gasteiger partial charge in [0.2, 0.25) is 0 Å². The topological polar surface area (TPSA) is 150 Å². The van der Waals surface area contributed by atoms with Crippen molar-refractivity contribution in [2.45, 2.75) is 18.7 Å². The van der Waals surface area contributed by atoms with E-state index in [2.05, 4.69) is 0 Å². The van der Waals surface area contributed by atoms with Crippen LogP contribution in [0, 0.1) is 27.2 Å². The highest BCUT2D eigenvalue weighted by Crippen LogP contribution is 2.32. The maximum absolute atomic E-state index is 13.2. The Morgan fingerprint density at radius 1 is 1.07 bits per heavy atom. The largest absolute Gasteiger partial charge is 0.465 e. The van der Waals surface area contributed by atoms with E-state index in [1.54, 1.807) is 6.92 Å². The number of carbonyl (C=O) groups excluding carboxylic acids is 1. The summed E-state index contributed by atoms with van der Waals surface area (Å²) in [7, 11) is -4.39. The summed E-state index contributed by atoms with van der Waals surface area (Å²) in [6.45, 7) is 2.19. The zero-order chi connectivity index (χ0) is 21.8. The third-order valence-electron chi connectivity index (χ3n) is 3.96. The van der Waals surface area contributed by atoms with Gasteiger partial charge in [-0.05, 0) is 32.0 Å². The molecule has 0 bridgehead atoms. The number of carbonyl (C=O) groups is 1. The molecule has 29 heavy (non-hydrogen) atoms. The van der Waals surface area contributed by atoms with Crippen LogP contribution in [0.15, 0.2) is 47.4 Å². The van der Waals surface area contributed by atoms with Gasteiger partial charge in [-0.3, -0.25) is 29.3 Å². The number of non-ortho nitro benzene ring substituents is 1. The Labute approximate surface area is 165 Å². The Morgan fingerprint density at radius 3 is 2.21 bits per heavy atom. The first-order valence-corrected chi connectivity index (χ1v) is 9.70. The number of nitrogens with zero attached hydrogens (tertiary/aromatic N) is 3. The van der Waals surface area contributed by atoms with Crippen molar-refractivity contribution >= 4 is 33.1 Å². The SMILES string of the molecule is CCOC(=O)CN(c1cccc([N+](=O)[O-])c1C)S(=O)(=O)c1ccc([N+](=O)[O-])cc1. The Morgan fingerprint density at radius 2 is 1.69 bits per heavy atom. The summed E-state index contributed by atoms with van der Waals surface area (Å²) in [4.78, 5) is 32.4. The number of esters is 1. The van der Waals surface area contributed by atoms with Crippen molar-refractivity contribution in [3.05, 3.63) is 68.3 Å². The zero-order valence-electron chi connectivity index (χ0n) is 15.5. The van der Waals surface area contributed by atoms with E-state index in [-0.39, 0.29) is 34.1 Å². The first kappa shape index (κ1) is 21.8. The second-order valence-corrected chi connectivity index (χ2v) is 7.61. The molecule has 0 N–H and O–H groups in total. The lowest BCUT2D eigenvalue weighted by molar-refractivity contribution is -0.385. The lowest BCUT2D eigenvalue weighted by Crippen LogP contribution is -2.37. The average Bonchev–Trinajstić information content (AvgIpc) is 2.66. The molecule has 0 atom stereocenters. The Balaban J connectivity index is 2.61. The van der Waals surface area contributed by atoms with Gasteiger partial charge in [0.25, 0.3) is 21.4 Å². The molecule has 0 aliphatic heterocycles. The van der Waals surface area contributed by atoms with E-state index in [0.29, 0.717) is 4.31 Å². The molecule has 2 rings (SSSR count). The highest BCUT2D eigenvalue weighted by Gasteiger charge is 2.31. The minimum atomic E-state index is -4.39. The molecule has 0 radical (unpaired) electrons. The van der Waals surface area contributed by atoms with Crippen molar-refractivity contribution < 1.29 is 27.8 Å². The Kier molecular flexibility index (Phi) is 6.49. The van der Waals surface area contributed by atoms with Crippen LogP contribution in [0.3, 0.4) is 0 Å². The van der Waals surface area contributed by atoms with Gasteiger partial charge in [0.1, 0.15) is 6.54 Å². The van der Waals surface area contributed by atoms with Gasteiger partial charge in [0, 0.05) is 18.2 Å². The van der Waals surface area contributed by atoms with E-state index in [1.165, 1.54) is 25.1 Å². The van der Waals surface area contributed by atoms with Crippen LogP contribution in [-0.2, 0) is 19.6 Å². The summed E-state index contributed by atoms with van der Waals surface area (Å²) < 4.78 is 31.8. The quantitative estimate of drug-likeness (QED) is 0.357. The predicted octanol–water partition coefficient (Wildman–Crippen LogP) is 2.57. The lowest BCUT2D eigenvalue weighted by atomic mass is 10.1. The van der Waals surface area contributed by atoms with Crippen molar-refractivity contribution in [3.63, 3.8) is 0 Å². The smallest absolute Gasteiger partial charge is 0.326 e. The maximum Gasteiger partial charge on any atom is 0.326 e. The number of benzene rings is 2. The molecule has 154 valence electrons. The van der Waals surface area contributed by atoms with Crippen LogP contribution in [0.25, 0.3) is 0 Å². The molecule has 0 spiro atoms. The molecule has 0 aliphatic carbocycles. The van der Waals surface area contributed by atoms with Crippen molar-refractivity contribution in [2.24, 2.45) is 0 Å². The molecule has 0 aliphatic rings. The fourth-order valence-corrected chi connectivity index (χ4v) is 4.04. The van der Waals surface area contributed by atoms with Gasteiger partial charge in [-0.2, -0.15) is 0 Å². The minimum absolute atomic E-state index is 0.0121. The van der Waals surface area contributed by atoms with Gasteiger partial charge in [-0.15, -0.1) is 0 Å².